The van der Waals surface area contributed by atoms with Crippen molar-refractivity contribution in [1.82, 2.24) is 0 Å². The molecule has 0 aliphatic heterocycles. The molecule has 0 aliphatic rings. The standard InChI is InChI=1S/C11H8O5S/c1-2-9(12)15-10(13)7-5-3-4-6-8(7)11(14)16-17/h2-6,17H,1H2. The van der Waals surface area contributed by atoms with E-state index in [0.29, 0.717) is 0 Å². The largest absolute Gasteiger partial charge is 0.391 e. The fraction of sp³-hybridized carbons (Fsp3) is 0. The Morgan fingerprint density at radius 2 is 1.65 bits per heavy atom. The molecule has 0 atom stereocenters. The number of hydrogen-bond acceptors (Lipinski definition) is 6. The lowest BCUT2D eigenvalue weighted by molar-refractivity contribution is -0.132. The van der Waals surface area contributed by atoms with Crippen molar-refractivity contribution in [2.24, 2.45) is 0 Å². The van der Waals surface area contributed by atoms with Crippen LogP contribution >= 0.6 is 12.9 Å². The summed E-state index contributed by atoms with van der Waals surface area (Å²) in [6, 6.07) is 5.74. The van der Waals surface area contributed by atoms with E-state index in [2.05, 4.69) is 28.4 Å². The van der Waals surface area contributed by atoms with Gasteiger partial charge in [0.15, 0.2) is 0 Å². The average Bonchev–Trinajstić information content (AvgIpc) is 2.37. The molecule has 0 aromatic heterocycles. The van der Waals surface area contributed by atoms with E-state index in [4.69, 9.17) is 0 Å². The summed E-state index contributed by atoms with van der Waals surface area (Å²) in [6.07, 6.45) is 0.845. The lowest BCUT2D eigenvalue weighted by atomic mass is 10.1. The smallest absolute Gasteiger partial charge is 0.350 e. The van der Waals surface area contributed by atoms with Gasteiger partial charge in [-0.05, 0) is 12.1 Å². The van der Waals surface area contributed by atoms with Crippen LogP contribution in [0.15, 0.2) is 36.9 Å². The van der Waals surface area contributed by atoms with Crippen molar-refractivity contribution in [3.05, 3.63) is 48.0 Å². The predicted octanol–water partition coefficient (Wildman–Crippen LogP) is 1.56. The number of ether oxygens (including phenoxy) is 1. The zero-order valence-electron chi connectivity index (χ0n) is 8.58. The first-order valence-corrected chi connectivity index (χ1v) is 4.80. The van der Waals surface area contributed by atoms with Gasteiger partial charge in [-0.25, -0.2) is 14.4 Å². The van der Waals surface area contributed by atoms with Crippen LogP contribution in [0.2, 0.25) is 0 Å². The van der Waals surface area contributed by atoms with Crippen molar-refractivity contribution in [3.8, 4) is 0 Å². The molecule has 0 N–H and O–H groups in total. The van der Waals surface area contributed by atoms with Gasteiger partial charge in [-0.2, -0.15) is 0 Å². The summed E-state index contributed by atoms with van der Waals surface area (Å²) < 4.78 is 8.59. The molecular formula is C11H8O5S. The molecule has 6 heteroatoms. The van der Waals surface area contributed by atoms with Gasteiger partial charge in [0.2, 0.25) is 0 Å². The molecule has 0 radical (unpaired) electrons. The monoisotopic (exact) mass is 252 g/mol. The first-order chi connectivity index (χ1) is 8.10. The first kappa shape index (κ1) is 13.0. The SMILES string of the molecule is C=CC(=O)OC(=O)c1ccccc1C(=O)OS. The van der Waals surface area contributed by atoms with E-state index in [1.54, 1.807) is 0 Å². The number of hydrogen-bond donors (Lipinski definition) is 1. The number of carbonyl (C=O) groups excluding carboxylic acids is 3. The van der Waals surface area contributed by atoms with E-state index in [-0.39, 0.29) is 11.1 Å². The highest BCUT2D eigenvalue weighted by atomic mass is 32.1. The van der Waals surface area contributed by atoms with Gasteiger partial charge in [0.05, 0.1) is 11.1 Å². The van der Waals surface area contributed by atoms with Crippen LogP contribution in [0.25, 0.3) is 0 Å². The van der Waals surface area contributed by atoms with Crippen LogP contribution in [0, 0.1) is 0 Å². The zero-order chi connectivity index (χ0) is 12.8. The Kier molecular flexibility index (Phi) is 4.47. The van der Waals surface area contributed by atoms with E-state index in [1.807, 2.05) is 0 Å². The Labute approximate surface area is 103 Å². The highest BCUT2D eigenvalue weighted by molar-refractivity contribution is 7.75. The molecule has 0 saturated heterocycles. The maximum atomic E-state index is 11.5. The molecule has 1 aromatic rings. The summed E-state index contributed by atoms with van der Waals surface area (Å²) in [7, 11) is 0. The second kappa shape index (κ2) is 5.86. The number of carbonyl (C=O) groups is 3. The minimum Gasteiger partial charge on any atom is -0.391 e. The van der Waals surface area contributed by atoms with Gasteiger partial charge in [-0.15, -0.1) is 0 Å². The lowest BCUT2D eigenvalue weighted by Gasteiger charge is -2.04. The highest BCUT2D eigenvalue weighted by Crippen LogP contribution is 2.12. The molecule has 1 aromatic carbocycles. The summed E-state index contributed by atoms with van der Waals surface area (Å²) in [4.78, 5) is 33.7. The molecule has 0 aliphatic carbocycles. The maximum Gasteiger partial charge on any atom is 0.350 e. The summed E-state index contributed by atoms with van der Waals surface area (Å²) in [5, 5.41) is 0. The summed E-state index contributed by atoms with van der Waals surface area (Å²) >= 11 is 3.35. The number of thiol groups is 1. The van der Waals surface area contributed by atoms with Crippen molar-refractivity contribution in [2.75, 3.05) is 0 Å². The van der Waals surface area contributed by atoms with E-state index in [1.165, 1.54) is 24.3 Å². The van der Waals surface area contributed by atoms with Crippen LogP contribution in [0.5, 0.6) is 0 Å². The summed E-state index contributed by atoms with van der Waals surface area (Å²) in [5.74, 6) is -2.67. The molecule has 17 heavy (non-hydrogen) atoms. The Morgan fingerprint density at radius 1 is 1.12 bits per heavy atom. The third-order valence-electron chi connectivity index (χ3n) is 1.81. The topological polar surface area (TPSA) is 69.7 Å². The van der Waals surface area contributed by atoms with Gasteiger partial charge in [-0.3, -0.25) is 0 Å². The van der Waals surface area contributed by atoms with Crippen molar-refractivity contribution in [2.45, 2.75) is 0 Å². The van der Waals surface area contributed by atoms with Gasteiger partial charge >= 0.3 is 17.9 Å². The minimum absolute atomic E-state index is 0.0376. The minimum atomic E-state index is -0.954. The molecule has 0 spiro atoms. The van der Waals surface area contributed by atoms with Gasteiger partial charge in [0.25, 0.3) is 0 Å². The lowest BCUT2D eigenvalue weighted by Crippen LogP contribution is -2.14. The highest BCUT2D eigenvalue weighted by Gasteiger charge is 2.19. The van der Waals surface area contributed by atoms with Crippen LogP contribution in [-0.2, 0) is 13.7 Å². The molecule has 0 heterocycles. The van der Waals surface area contributed by atoms with Crippen LogP contribution in [-0.4, -0.2) is 17.9 Å². The molecule has 88 valence electrons. The summed E-state index contributed by atoms with van der Waals surface area (Å²) in [5.41, 5.74) is -0.119. The Hall–Kier alpha value is -2.08. The molecule has 0 unspecified atom stereocenters. The molecule has 0 saturated carbocycles. The number of rotatable bonds is 3. The van der Waals surface area contributed by atoms with E-state index >= 15 is 0 Å². The first-order valence-electron chi connectivity index (χ1n) is 4.43. The van der Waals surface area contributed by atoms with E-state index < -0.39 is 17.9 Å². The normalized spacial score (nSPS) is 9.24. The summed E-state index contributed by atoms with van der Waals surface area (Å²) in [6.45, 7) is 3.15. The second-order valence-corrected chi connectivity index (χ2v) is 3.02. The molecule has 0 amide bonds. The van der Waals surface area contributed by atoms with Gasteiger partial charge < -0.3 is 8.92 Å². The fourth-order valence-electron chi connectivity index (χ4n) is 1.08. The molecule has 1 rings (SSSR count). The van der Waals surface area contributed by atoms with Crippen molar-refractivity contribution in [1.29, 1.82) is 0 Å². The van der Waals surface area contributed by atoms with Gasteiger partial charge in [-0.1, -0.05) is 18.7 Å². The maximum absolute atomic E-state index is 11.5. The Morgan fingerprint density at radius 3 is 2.12 bits per heavy atom. The fourth-order valence-corrected chi connectivity index (χ4v) is 1.17. The van der Waals surface area contributed by atoms with Crippen LogP contribution < -0.4 is 0 Å². The van der Waals surface area contributed by atoms with E-state index in [9.17, 15) is 14.4 Å². The number of esters is 2. The van der Waals surface area contributed by atoms with Crippen molar-refractivity contribution < 1.29 is 23.3 Å². The van der Waals surface area contributed by atoms with Crippen LogP contribution in [0.3, 0.4) is 0 Å². The zero-order valence-corrected chi connectivity index (χ0v) is 9.48. The molecule has 0 bridgehead atoms. The van der Waals surface area contributed by atoms with Crippen LogP contribution in [0.1, 0.15) is 20.7 Å². The van der Waals surface area contributed by atoms with Gasteiger partial charge in [0.1, 0.15) is 0 Å². The van der Waals surface area contributed by atoms with Gasteiger partial charge in [0, 0.05) is 19.0 Å². The molecule has 5 nitrogen and oxygen atoms in total. The van der Waals surface area contributed by atoms with E-state index in [0.717, 1.165) is 6.08 Å². The quantitative estimate of drug-likeness (QED) is 0.290. The average molecular weight is 252 g/mol. The third-order valence-corrected chi connectivity index (χ3v) is 1.98. The van der Waals surface area contributed by atoms with Crippen molar-refractivity contribution in [3.63, 3.8) is 0 Å². The van der Waals surface area contributed by atoms with Crippen LogP contribution in [0.4, 0.5) is 0 Å². The Balaban J connectivity index is 3.05. The van der Waals surface area contributed by atoms with Crippen molar-refractivity contribution >= 4 is 30.8 Å². The second-order valence-electron chi connectivity index (χ2n) is 2.84. The Bertz CT molecular complexity index is 481. The third kappa shape index (κ3) is 3.18. The number of benzene rings is 1. The molecule has 0 fully saturated rings. The molecular weight excluding hydrogens is 244 g/mol. The predicted molar refractivity (Wildman–Crippen MR) is 61.5 cm³/mol.